The predicted octanol–water partition coefficient (Wildman–Crippen LogP) is 1.56. The molecule has 1 fully saturated rings. The van der Waals surface area contributed by atoms with Crippen molar-refractivity contribution in [2.45, 2.75) is 19.4 Å². The molecule has 2 heterocycles. The van der Waals surface area contributed by atoms with Crippen molar-refractivity contribution in [1.82, 2.24) is 10.3 Å². The summed E-state index contributed by atoms with van der Waals surface area (Å²) < 4.78 is 23.0. The Balaban J connectivity index is 1.68. The number of aromatic nitrogens is 1. The van der Waals surface area contributed by atoms with Gasteiger partial charge in [0.15, 0.2) is 9.84 Å². The topological polar surface area (TPSA) is 105 Å². The van der Waals surface area contributed by atoms with Crippen molar-refractivity contribution in [2.24, 2.45) is 0 Å². The Morgan fingerprint density at radius 1 is 1.12 bits per heavy atom. The number of carbonyl (C=O) groups excluding carboxylic acids is 2. The third-order valence-corrected chi connectivity index (χ3v) is 5.90. The zero-order chi connectivity index (χ0) is 18.7. The van der Waals surface area contributed by atoms with Gasteiger partial charge in [-0.2, -0.15) is 0 Å². The number of rotatable bonds is 4. The third-order valence-electron chi connectivity index (χ3n) is 4.13. The van der Waals surface area contributed by atoms with Gasteiger partial charge in [0.05, 0.1) is 11.5 Å². The summed E-state index contributed by atoms with van der Waals surface area (Å²) >= 11 is 0. The molecule has 1 aromatic heterocycles. The smallest absolute Gasteiger partial charge is 0.274 e. The number of anilines is 1. The summed E-state index contributed by atoms with van der Waals surface area (Å²) in [7, 11) is -3.07. The van der Waals surface area contributed by atoms with Gasteiger partial charge in [-0.15, -0.1) is 0 Å². The van der Waals surface area contributed by atoms with Crippen molar-refractivity contribution in [3.63, 3.8) is 0 Å². The van der Waals surface area contributed by atoms with Crippen LogP contribution < -0.4 is 10.6 Å². The van der Waals surface area contributed by atoms with Gasteiger partial charge in [-0.1, -0.05) is 17.7 Å². The molecule has 0 saturated carbocycles. The molecule has 3 rings (SSSR count). The van der Waals surface area contributed by atoms with Gasteiger partial charge >= 0.3 is 0 Å². The second kappa shape index (κ2) is 7.25. The lowest BCUT2D eigenvalue weighted by molar-refractivity contribution is 0.0941. The number of amides is 2. The number of aryl methyl sites for hydroxylation is 1. The fourth-order valence-corrected chi connectivity index (χ4v) is 4.38. The number of nitrogens with one attached hydrogen (secondary N) is 2. The van der Waals surface area contributed by atoms with Gasteiger partial charge in [0.25, 0.3) is 11.8 Å². The zero-order valence-electron chi connectivity index (χ0n) is 14.2. The monoisotopic (exact) mass is 373 g/mol. The quantitative estimate of drug-likeness (QED) is 0.846. The fraction of sp³-hybridized carbons (Fsp3) is 0.278. The van der Waals surface area contributed by atoms with Crippen LogP contribution >= 0.6 is 0 Å². The lowest BCUT2D eigenvalue weighted by atomic mass is 10.1. The van der Waals surface area contributed by atoms with Crippen molar-refractivity contribution < 1.29 is 18.0 Å². The number of carbonyl (C=O) groups is 2. The maximum Gasteiger partial charge on any atom is 0.274 e. The SMILES string of the molecule is Cc1ccc(NC(=O)c2cc(C(=O)NC3CCS(=O)(=O)C3)ccn2)cc1. The van der Waals surface area contributed by atoms with E-state index in [1.54, 1.807) is 12.1 Å². The van der Waals surface area contributed by atoms with Gasteiger partial charge in [0, 0.05) is 23.5 Å². The normalized spacial score (nSPS) is 18.3. The Morgan fingerprint density at radius 3 is 2.50 bits per heavy atom. The first-order chi connectivity index (χ1) is 12.3. The third kappa shape index (κ3) is 4.45. The van der Waals surface area contributed by atoms with Gasteiger partial charge in [0.2, 0.25) is 0 Å². The molecule has 2 N–H and O–H groups in total. The molecule has 1 aliphatic rings. The highest BCUT2D eigenvalue weighted by Gasteiger charge is 2.29. The van der Waals surface area contributed by atoms with E-state index in [1.165, 1.54) is 18.3 Å². The molecule has 7 nitrogen and oxygen atoms in total. The fourth-order valence-electron chi connectivity index (χ4n) is 2.71. The summed E-state index contributed by atoms with van der Waals surface area (Å²) in [4.78, 5) is 28.6. The van der Waals surface area contributed by atoms with E-state index in [0.717, 1.165) is 5.56 Å². The molecule has 1 aromatic carbocycles. The lowest BCUT2D eigenvalue weighted by Gasteiger charge is -2.11. The number of benzene rings is 1. The number of sulfone groups is 1. The van der Waals surface area contributed by atoms with E-state index in [2.05, 4.69) is 15.6 Å². The minimum atomic E-state index is -3.07. The van der Waals surface area contributed by atoms with Gasteiger partial charge in [-0.05, 0) is 37.6 Å². The Bertz CT molecular complexity index is 939. The first-order valence-corrected chi connectivity index (χ1v) is 10.00. The average Bonchev–Trinajstić information content (AvgIpc) is 2.95. The summed E-state index contributed by atoms with van der Waals surface area (Å²) in [6.07, 6.45) is 1.78. The molecule has 1 unspecified atom stereocenters. The average molecular weight is 373 g/mol. The van der Waals surface area contributed by atoms with E-state index < -0.39 is 27.7 Å². The minimum Gasteiger partial charge on any atom is -0.348 e. The minimum absolute atomic E-state index is 0.0510. The molecule has 1 atom stereocenters. The van der Waals surface area contributed by atoms with Gasteiger partial charge in [0.1, 0.15) is 5.69 Å². The van der Waals surface area contributed by atoms with Crippen molar-refractivity contribution in [3.05, 3.63) is 59.4 Å². The zero-order valence-corrected chi connectivity index (χ0v) is 15.0. The molecule has 136 valence electrons. The molecule has 8 heteroatoms. The Hall–Kier alpha value is -2.74. The van der Waals surface area contributed by atoms with E-state index >= 15 is 0 Å². The number of pyridine rings is 1. The summed E-state index contributed by atoms with van der Waals surface area (Å²) in [6, 6.07) is 9.80. The van der Waals surface area contributed by atoms with Crippen molar-refractivity contribution in [2.75, 3.05) is 16.8 Å². The highest BCUT2D eigenvalue weighted by Crippen LogP contribution is 2.13. The Kier molecular flexibility index (Phi) is 5.03. The van der Waals surface area contributed by atoms with Crippen LogP contribution in [0.15, 0.2) is 42.6 Å². The second-order valence-electron chi connectivity index (χ2n) is 6.32. The number of nitrogens with zero attached hydrogens (tertiary/aromatic N) is 1. The summed E-state index contributed by atoms with van der Waals surface area (Å²) in [5.41, 5.74) is 2.08. The van der Waals surface area contributed by atoms with E-state index in [-0.39, 0.29) is 22.8 Å². The van der Waals surface area contributed by atoms with E-state index in [9.17, 15) is 18.0 Å². The summed E-state index contributed by atoms with van der Waals surface area (Å²) in [5, 5.41) is 5.42. The Labute approximate surface area is 151 Å². The largest absolute Gasteiger partial charge is 0.348 e. The van der Waals surface area contributed by atoms with Gasteiger partial charge in [-0.3, -0.25) is 14.6 Å². The molecule has 1 saturated heterocycles. The van der Waals surface area contributed by atoms with Crippen LogP contribution in [0.4, 0.5) is 5.69 Å². The van der Waals surface area contributed by atoms with E-state index in [1.807, 2.05) is 19.1 Å². The summed E-state index contributed by atoms with van der Waals surface area (Å²) in [6.45, 7) is 1.95. The Morgan fingerprint density at radius 2 is 1.85 bits per heavy atom. The van der Waals surface area contributed by atoms with Crippen LogP contribution in [-0.4, -0.2) is 42.8 Å². The number of hydrogen-bond donors (Lipinski definition) is 2. The maximum atomic E-state index is 12.3. The first-order valence-electron chi connectivity index (χ1n) is 8.18. The van der Waals surface area contributed by atoms with Crippen LogP contribution in [0.25, 0.3) is 0 Å². The van der Waals surface area contributed by atoms with Crippen LogP contribution in [0.2, 0.25) is 0 Å². The van der Waals surface area contributed by atoms with Crippen LogP contribution in [0.3, 0.4) is 0 Å². The van der Waals surface area contributed by atoms with Crippen molar-refractivity contribution in [1.29, 1.82) is 0 Å². The molecule has 0 radical (unpaired) electrons. The molecular weight excluding hydrogens is 354 g/mol. The number of hydrogen-bond acceptors (Lipinski definition) is 5. The standard InChI is InChI=1S/C18H19N3O4S/c1-12-2-4-14(5-3-12)20-18(23)16-10-13(6-8-19-16)17(22)21-15-7-9-26(24,25)11-15/h2-6,8,10,15H,7,9,11H2,1H3,(H,20,23)(H,21,22). The van der Waals surface area contributed by atoms with Gasteiger partial charge < -0.3 is 10.6 Å². The highest BCUT2D eigenvalue weighted by atomic mass is 32.2. The van der Waals surface area contributed by atoms with Crippen LogP contribution in [-0.2, 0) is 9.84 Å². The molecule has 0 aliphatic carbocycles. The predicted molar refractivity (Wildman–Crippen MR) is 97.9 cm³/mol. The molecule has 0 bridgehead atoms. The summed E-state index contributed by atoms with van der Waals surface area (Å²) in [5.74, 6) is -0.811. The molecule has 0 spiro atoms. The van der Waals surface area contributed by atoms with Crippen molar-refractivity contribution in [3.8, 4) is 0 Å². The van der Waals surface area contributed by atoms with Crippen molar-refractivity contribution >= 4 is 27.3 Å². The van der Waals surface area contributed by atoms with E-state index in [0.29, 0.717) is 12.1 Å². The molecule has 1 aliphatic heterocycles. The van der Waals surface area contributed by atoms with Gasteiger partial charge in [-0.25, -0.2) is 8.42 Å². The molecular formula is C18H19N3O4S. The van der Waals surface area contributed by atoms with Crippen LogP contribution in [0.5, 0.6) is 0 Å². The maximum absolute atomic E-state index is 12.3. The van der Waals surface area contributed by atoms with Crippen LogP contribution in [0.1, 0.15) is 32.8 Å². The first kappa shape index (κ1) is 18.1. The molecule has 2 amide bonds. The lowest BCUT2D eigenvalue weighted by Crippen LogP contribution is -2.35. The second-order valence-corrected chi connectivity index (χ2v) is 8.55. The molecule has 2 aromatic rings. The molecule has 26 heavy (non-hydrogen) atoms. The highest BCUT2D eigenvalue weighted by molar-refractivity contribution is 7.91. The van der Waals surface area contributed by atoms with E-state index in [4.69, 9.17) is 0 Å². The van der Waals surface area contributed by atoms with Crippen LogP contribution in [0, 0.1) is 6.92 Å².